The van der Waals surface area contributed by atoms with Gasteiger partial charge in [-0.2, -0.15) is 0 Å². The Bertz CT molecular complexity index is 732. The van der Waals surface area contributed by atoms with E-state index in [2.05, 4.69) is 22.2 Å². The summed E-state index contributed by atoms with van der Waals surface area (Å²) in [5.41, 5.74) is 1.62. The highest BCUT2D eigenvalue weighted by Crippen LogP contribution is 2.61. The minimum atomic E-state index is -0.114. The fourth-order valence-electron chi connectivity index (χ4n) is 6.47. The molecule has 4 aliphatic rings. The molecule has 4 aliphatic carbocycles. The summed E-state index contributed by atoms with van der Waals surface area (Å²) < 4.78 is 0. The standard InChI is InChI=1S/C21H31N3O2/c1-4-17-12(2)22-18(24-20(17)26)8-19(25)23-13(3)21-9-14-5-15(10-21)7-16(6-14)11-21/h13-16H,4-11H2,1-3H3,(H,23,25)(H,22,24,26)/t13-,14?,15?,16?,21?/m0/s1. The number of rotatable bonds is 5. The number of aryl methyl sites for hydroxylation is 1. The van der Waals surface area contributed by atoms with Crippen molar-refractivity contribution in [3.8, 4) is 0 Å². The van der Waals surface area contributed by atoms with Crippen molar-refractivity contribution in [3.05, 3.63) is 27.4 Å². The molecule has 1 aromatic rings. The SMILES string of the molecule is CCc1c(C)nc(CC(=O)N[C@@H](C)C23CC4CC(CC(C4)C2)C3)[nH]c1=O. The van der Waals surface area contributed by atoms with Crippen LogP contribution in [0.5, 0.6) is 0 Å². The highest BCUT2D eigenvalue weighted by Gasteiger charge is 2.53. The predicted molar refractivity (Wildman–Crippen MR) is 101 cm³/mol. The molecule has 5 nitrogen and oxygen atoms in total. The number of aromatic nitrogens is 2. The van der Waals surface area contributed by atoms with E-state index < -0.39 is 0 Å². The van der Waals surface area contributed by atoms with Crippen molar-refractivity contribution in [3.63, 3.8) is 0 Å². The first kappa shape index (κ1) is 17.7. The quantitative estimate of drug-likeness (QED) is 0.851. The maximum absolute atomic E-state index is 12.6. The summed E-state index contributed by atoms with van der Waals surface area (Å²) in [6.45, 7) is 5.97. The minimum absolute atomic E-state index is 0.0277. The van der Waals surface area contributed by atoms with Crippen molar-refractivity contribution in [2.75, 3.05) is 0 Å². The third-order valence-corrected chi connectivity index (χ3v) is 7.33. The number of carbonyl (C=O) groups excluding carboxylic acids is 1. The Kier molecular flexibility index (Phi) is 4.44. The Morgan fingerprint density at radius 2 is 1.81 bits per heavy atom. The van der Waals surface area contributed by atoms with Crippen LogP contribution in [0.4, 0.5) is 0 Å². The van der Waals surface area contributed by atoms with Crippen LogP contribution in [0, 0.1) is 30.1 Å². The normalized spacial score (nSPS) is 33.3. The number of H-pyrrole nitrogens is 1. The Morgan fingerprint density at radius 3 is 2.31 bits per heavy atom. The summed E-state index contributed by atoms with van der Waals surface area (Å²) in [6, 6.07) is 0.200. The molecular formula is C21H31N3O2. The average molecular weight is 357 g/mol. The maximum Gasteiger partial charge on any atom is 0.254 e. The van der Waals surface area contributed by atoms with E-state index in [-0.39, 0.29) is 23.9 Å². The zero-order chi connectivity index (χ0) is 18.5. The van der Waals surface area contributed by atoms with E-state index >= 15 is 0 Å². The molecule has 0 saturated heterocycles. The first-order chi connectivity index (χ1) is 12.4. The van der Waals surface area contributed by atoms with Crippen LogP contribution < -0.4 is 10.9 Å². The molecule has 0 unspecified atom stereocenters. The van der Waals surface area contributed by atoms with Gasteiger partial charge in [0.1, 0.15) is 5.82 Å². The summed E-state index contributed by atoms with van der Waals surface area (Å²) in [6.07, 6.45) is 8.87. The fourth-order valence-corrected chi connectivity index (χ4v) is 6.47. The zero-order valence-electron chi connectivity index (χ0n) is 16.2. The van der Waals surface area contributed by atoms with Gasteiger partial charge in [-0.3, -0.25) is 9.59 Å². The van der Waals surface area contributed by atoms with Crippen LogP contribution in [-0.4, -0.2) is 21.9 Å². The Labute approximate surface area is 155 Å². The van der Waals surface area contributed by atoms with Gasteiger partial charge in [0.05, 0.1) is 6.42 Å². The van der Waals surface area contributed by atoms with E-state index in [0.29, 0.717) is 23.2 Å². The summed E-state index contributed by atoms with van der Waals surface area (Å²) >= 11 is 0. The first-order valence-corrected chi connectivity index (χ1v) is 10.3. The van der Waals surface area contributed by atoms with Gasteiger partial charge in [0.2, 0.25) is 5.91 Å². The summed E-state index contributed by atoms with van der Waals surface area (Å²) in [5.74, 6) is 3.08. The van der Waals surface area contributed by atoms with Crippen LogP contribution in [0.25, 0.3) is 0 Å². The first-order valence-electron chi connectivity index (χ1n) is 10.3. The molecule has 1 amide bonds. The molecule has 5 rings (SSSR count). The van der Waals surface area contributed by atoms with Crippen LogP contribution in [0.3, 0.4) is 0 Å². The van der Waals surface area contributed by atoms with Gasteiger partial charge >= 0.3 is 0 Å². The zero-order valence-corrected chi connectivity index (χ0v) is 16.2. The molecule has 1 atom stereocenters. The highest BCUT2D eigenvalue weighted by atomic mass is 16.1. The molecule has 142 valence electrons. The topological polar surface area (TPSA) is 74.8 Å². The maximum atomic E-state index is 12.6. The number of hydrogen-bond acceptors (Lipinski definition) is 3. The lowest BCUT2D eigenvalue weighted by Crippen LogP contribution is -2.56. The fraction of sp³-hybridized carbons (Fsp3) is 0.762. The second-order valence-corrected chi connectivity index (χ2v) is 9.18. The van der Waals surface area contributed by atoms with E-state index in [4.69, 9.17) is 0 Å². The van der Waals surface area contributed by atoms with Crippen LogP contribution in [-0.2, 0) is 17.6 Å². The Morgan fingerprint density at radius 1 is 1.23 bits per heavy atom. The van der Waals surface area contributed by atoms with Gasteiger partial charge in [-0.15, -0.1) is 0 Å². The number of hydrogen-bond donors (Lipinski definition) is 2. The van der Waals surface area contributed by atoms with E-state index in [1.165, 1.54) is 38.5 Å². The van der Waals surface area contributed by atoms with Gasteiger partial charge in [0, 0.05) is 17.3 Å². The van der Waals surface area contributed by atoms with E-state index in [1.807, 2.05) is 13.8 Å². The lowest BCUT2D eigenvalue weighted by atomic mass is 9.48. The van der Waals surface area contributed by atoms with Crippen molar-refractivity contribution in [2.24, 2.45) is 23.2 Å². The molecular weight excluding hydrogens is 326 g/mol. The molecule has 4 fully saturated rings. The van der Waals surface area contributed by atoms with Crippen LogP contribution in [0.15, 0.2) is 4.79 Å². The van der Waals surface area contributed by atoms with Gasteiger partial charge < -0.3 is 10.3 Å². The monoisotopic (exact) mass is 357 g/mol. The second-order valence-electron chi connectivity index (χ2n) is 9.18. The van der Waals surface area contributed by atoms with Crippen molar-refractivity contribution in [1.82, 2.24) is 15.3 Å². The molecule has 4 saturated carbocycles. The van der Waals surface area contributed by atoms with Gasteiger partial charge in [0.25, 0.3) is 5.56 Å². The third-order valence-electron chi connectivity index (χ3n) is 7.33. The number of aromatic amines is 1. The van der Waals surface area contributed by atoms with Crippen molar-refractivity contribution in [2.45, 2.75) is 78.2 Å². The lowest BCUT2D eigenvalue weighted by molar-refractivity contribution is -0.125. The summed E-state index contributed by atoms with van der Waals surface area (Å²) in [4.78, 5) is 31.9. The number of nitrogens with zero attached hydrogens (tertiary/aromatic N) is 1. The van der Waals surface area contributed by atoms with Gasteiger partial charge in [-0.1, -0.05) is 6.92 Å². The van der Waals surface area contributed by atoms with Gasteiger partial charge in [0.15, 0.2) is 0 Å². The van der Waals surface area contributed by atoms with Crippen LogP contribution >= 0.6 is 0 Å². The molecule has 0 radical (unpaired) electrons. The molecule has 0 aromatic carbocycles. The Balaban J connectivity index is 1.43. The number of amides is 1. The van der Waals surface area contributed by atoms with Crippen molar-refractivity contribution >= 4 is 5.91 Å². The summed E-state index contributed by atoms with van der Waals surface area (Å²) in [7, 11) is 0. The van der Waals surface area contributed by atoms with Crippen LogP contribution in [0.1, 0.15) is 69.5 Å². The van der Waals surface area contributed by atoms with E-state index in [9.17, 15) is 9.59 Å². The second kappa shape index (κ2) is 6.50. The molecule has 26 heavy (non-hydrogen) atoms. The number of nitrogens with one attached hydrogen (secondary N) is 2. The van der Waals surface area contributed by atoms with Crippen molar-refractivity contribution in [1.29, 1.82) is 0 Å². The largest absolute Gasteiger partial charge is 0.353 e. The molecule has 4 bridgehead atoms. The predicted octanol–water partition coefficient (Wildman–Crippen LogP) is 2.90. The average Bonchev–Trinajstić information content (AvgIpc) is 2.53. The lowest BCUT2D eigenvalue weighted by Gasteiger charge is -2.59. The molecule has 1 heterocycles. The van der Waals surface area contributed by atoms with Gasteiger partial charge in [-0.25, -0.2) is 4.98 Å². The highest BCUT2D eigenvalue weighted by molar-refractivity contribution is 5.78. The molecule has 0 spiro atoms. The smallest absolute Gasteiger partial charge is 0.254 e. The van der Waals surface area contributed by atoms with E-state index in [0.717, 1.165) is 23.4 Å². The summed E-state index contributed by atoms with van der Waals surface area (Å²) in [5, 5.41) is 3.25. The molecule has 5 heteroatoms. The molecule has 1 aromatic heterocycles. The molecule has 0 aliphatic heterocycles. The molecule has 2 N–H and O–H groups in total. The Hall–Kier alpha value is -1.65. The number of carbonyl (C=O) groups is 1. The van der Waals surface area contributed by atoms with Crippen LogP contribution in [0.2, 0.25) is 0 Å². The van der Waals surface area contributed by atoms with E-state index in [1.54, 1.807) is 0 Å². The van der Waals surface area contributed by atoms with Crippen molar-refractivity contribution < 1.29 is 4.79 Å². The van der Waals surface area contributed by atoms with Gasteiger partial charge in [-0.05, 0) is 82.0 Å². The minimum Gasteiger partial charge on any atom is -0.353 e. The third kappa shape index (κ3) is 3.10.